The van der Waals surface area contributed by atoms with Gasteiger partial charge >= 0.3 is 12.0 Å². The fraction of sp³-hybridized carbons (Fsp3) is 0.385. The summed E-state index contributed by atoms with van der Waals surface area (Å²) in [5.41, 5.74) is 0.587. The summed E-state index contributed by atoms with van der Waals surface area (Å²) >= 11 is 5.80. The Kier molecular flexibility index (Phi) is 4.34. The molecule has 1 atom stereocenters. The van der Waals surface area contributed by atoms with Gasteiger partial charge in [-0.3, -0.25) is 0 Å². The van der Waals surface area contributed by atoms with Gasteiger partial charge < -0.3 is 19.8 Å². The number of ether oxygens (including phenoxy) is 1. The number of hydrogen-bond donors (Lipinski definition) is 2. The van der Waals surface area contributed by atoms with Crippen molar-refractivity contribution < 1.29 is 18.7 Å². The third-order valence-electron chi connectivity index (χ3n) is 2.83. The van der Waals surface area contributed by atoms with Crippen molar-refractivity contribution in [3.63, 3.8) is 0 Å². The molecule has 6 nitrogen and oxygen atoms in total. The van der Waals surface area contributed by atoms with Crippen LogP contribution in [0.3, 0.4) is 0 Å². The average molecular weight is 299 g/mol. The first-order valence-electron chi connectivity index (χ1n) is 6.16. The Labute approximate surface area is 121 Å². The number of hydrogen-bond acceptors (Lipinski definition) is 4. The van der Waals surface area contributed by atoms with Gasteiger partial charge in [0, 0.05) is 5.70 Å². The molecular formula is C13H15ClN2O4. The summed E-state index contributed by atoms with van der Waals surface area (Å²) in [7, 11) is 0. The van der Waals surface area contributed by atoms with Gasteiger partial charge in [-0.05, 0) is 26.0 Å². The van der Waals surface area contributed by atoms with Crippen LogP contribution in [-0.2, 0) is 9.53 Å². The van der Waals surface area contributed by atoms with Crippen LogP contribution in [0.15, 0.2) is 27.8 Å². The Morgan fingerprint density at radius 1 is 1.50 bits per heavy atom. The van der Waals surface area contributed by atoms with E-state index in [1.54, 1.807) is 26.0 Å². The molecule has 0 spiro atoms. The molecule has 108 valence electrons. The maximum atomic E-state index is 12.1. The quantitative estimate of drug-likeness (QED) is 0.658. The standard InChI is InChI=1S/C13H15ClN2O4/c1-3-19-12(17)10-8(6-14)15-13(18)16-11(10)9-5-4-7(2)20-9/h4-5,11H,3,6H2,1-2H3,(H2,15,16,18)/t11-/m0/s1. The molecule has 2 N–H and O–H groups in total. The van der Waals surface area contributed by atoms with Crippen molar-refractivity contribution in [2.24, 2.45) is 0 Å². The number of rotatable bonds is 4. The highest BCUT2D eigenvalue weighted by Crippen LogP contribution is 2.29. The molecule has 0 bridgehead atoms. The molecule has 1 aromatic heterocycles. The summed E-state index contributed by atoms with van der Waals surface area (Å²) in [6.45, 7) is 3.72. The molecule has 1 aromatic rings. The van der Waals surface area contributed by atoms with E-state index in [1.807, 2.05) is 0 Å². The van der Waals surface area contributed by atoms with Gasteiger partial charge in [-0.1, -0.05) is 0 Å². The predicted octanol–water partition coefficient (Wildman–Crippen LogP) is 2.00. The highest BCUT2D eigenvalue weighted by Gasteiger charge is 2.35. The van der Waals surface area contributed by atoms with Gasteiger partial charge in [-0.2, -0.15) is 0 Å². The summed E-state index contributed by atoms with van der Waals surface area (Å²) in [4.78, 5) is 23.7. The van der Waals surface area contributed by atoms with Gasteiger partial charge in [0.15, 0.2) is 0 Å². The third kappa shape index (κ3) is 2.80. The van der Waals surface area contributed by atoms with Crippen LogP contribution in [0.4, 0.5) is 4.79 Å². The predicted molar refractivity (Wildman–Crippen MR) is 72.2 cm³/mol. The van der Waals surface area contributed by atoms with Crippen molar-refractivity contribution in [1.29, 1.82) is 0 Å². The first-order valence-corrected chi connectivity index (χ1v) is 6.70. The number of urea groups is 1. The number of allylic oxidation sites excluding steroid dienone is 1. The van der Waals surface area contributed by atoms with Crippen molar-refractivity contribution in [2.75, 3.05) is 12.5 Å². The largest absolute Gasteiger partial charge is 0.464 e. The van der Waals surface area contributed by atoms with Crippen LogP contribution in [0, 0.1) is 6.92 Å². The van der Waals surface area contributed by atoms with Crippen LogP contribution in [0.1, 0.15) is 24.5 Å². The SMILES string of the molecule is CCOC(=O)C1=C(CCl)NC(=O)N[C@H]1c1ccc(C)o1. The van der Waals surface area contributed by atoms with Gasteiger partial charge in [0.05, 0.1) is 18.1 Å². The molecule has 20 heavy (non-hydrogen) atoms. The molecule has 0 saturated heterocycles. The monoisotopic (exact) mass is 298 g/mol. The number of amides is 2. The number of alkyl halides is 1. The van der Waals surface area contributed by atoms with Gasteiger partial charge in [-0.15, -0.1) is 11.6 Å². The van der Waals surface area contributed by atoms with E-state index in [0.717, 1.165) is 0 Å². The van der Waals surface area contributed by atoms with Crippen molar-refractivity contribution in [3.8, 4) is 0 Å². The van der Waals surface area contributed by atoms with E-state index in [-0.39, 0.29) is 18.1 Å². The molecule has 0 saturated carbocycles. The zero-order valence-electron chi connectivity index (χ0n) is 11.2. The average Bonchev–Trinajstić information content (AvgIpc) is 2.84. The maximum Gasteiger partial charge on any atom is 0.338 e. The van der Waals surface area contributed by atoms with Crippen LogP contribution in [0.5, 0.6) is 0 Å². The van der Waals surface area contributed by atoms with E-state index in [2.05, 4.69) is 10.6 Å². The van der Waals surface area contributed by atoms with E-state index >= 15 is 0 Å². The number of carbonyl (C=O) groups is 2. The van der Waals surface area contributed by atoms with Crippen LogP contribution in [0.25, 0.3) is 0 Å². The van der Waals surface area contributed by atoms with Gasteiger partial charge in [0.2, 0.25) is 0 Å². The second kappa shape index (κ2) is 6.00. The topological polar surface area (TPSA) is 80.6 Å². The number of aryl methyl sites for hydroxylation is 1. The molecule has 0 aliphatic carbocycles. The lowest BCUT2D eigenvalue weighted by molar-refractivity contribution is -0.139. The first kappa shape index (κ1) is 14.5. The number of halogens is 1. The summed E-state index contributed by atoms with van der Waals surface area (Å²) in [6.07, 6.45) is 0. The van der Waals surface area contributed by atoms with Crippen LogP contribution < -0.4 is 10.6 Å². The van der Waals surface area contributed by atoms with E-state index in [1.165, 1.54) is 0 Å². The molecule has 2 rings (SSSR count). The van der Waals surface area contributed by atoms with Crippen LogP contribution >= 0.6 is 11.6 Å². The summed E-state index contributed by atoms with van der Waals surface area (Å²) in [6, 6.07) is 2.32. The smallest absolute Gasteiger partial charge is 0.338 e. The highest BCUT2D eigenvalue weighted by atomic mass is 35.5. The molecule has 7 heteroatoms. The lowest BCUT2D eigenvalue weighted by Gasteiger charge is -2.27. The lowest BCUT2D eigenvalue weighted by atomic mass is 10.0. The van der Waals surface area contributed by atoms with Crippen molar-refractivity contribution in [1.82, 2.24) is 10.6 Å². The number of furan rings is 1. The molecule has 2 amide bonds. The Bertz CT molecular complexity index is 564. The van der Waals surface area contributed by atoms with E-state index < -0.39 is 18.0 Å². The van der Waals surface area contributed by atoms with E-state index in [4.69, 9.17) is 20.8 Å². The second-order valence-electron chi connectivity index (χ2n) is 4.23. The zero-order valence-corrected chi connectivity index (χ0v) is 11.9. The minimum Gasteiger partial charge on any atom is -0.464 e. The lowest BCUT2D eigenvalue weighted by Crippen LogP contribution is -2.46. The third-order valence-corrected chi connectivity index (χ3v) is 3.10. The van der Waals surface area contributed by atoms with Gasteiger partial charge in [0.1, 0.15) is 17.6 Å². The first-order chi connectivity index (χ1) is 9.56. The van der Waals surface area contributed by atoms with E-state index in [0.29, 0.717) is 17.2 Å². The molecule has 0 aromatic carbocycles. The summed E-state index contributed by atoms with van der Waals surface area (Å²) < 4.78 is 10.5. The second-order valence-corrected chi connectivity index (χ2v) is 4.49. The molecule has 1 aliphatic heterocycles. The number of carbonyl (C=O) groups excluding carboxylic acids is 2. The van der Waals surface area contributed by atoms with Crippen molar-refractivity contribution in [2.45, 2.75) is 19.9 Å². The highest BCUT2D eigenvalue weighted by molar-refractivity contribution is 6.20. The minimum absolute atomic E-state index is 0.00222. The molecule has 0 unspecified atom stereocenters. The summed E-state index contributed by atoms with van der Waals surface area (Å²) in [5.74, 6) is 0.610. The van der Waals surface area contributed by atoms with Crippen molar-refractivity contribution >= 4 is 23.6 Å². The van der Waals surface area contributed by atoms with Gasteiger partial charge in [-0.25, -0.2) is 9.59 Å². The number of esters is 1. The maximum absolute atomic E-state index is 12.1. The summed E-state index contributed by atoms with van der Waals surface area (Å²) in [5, 5.41) is 5.16. The Balaban J connectivity index is 2.45. The van der Waals surface area contributed by atoms with E-state index in [9.17, 15) is 9.59 Å². The fourth-order valence-electron chi connectivity index (χ4n) is 2.00. The van der Waals surface area contributed by atoms with Crippen LogP contribution in [0.2, 0.25) is 0 Å². The van der Waals surface area contributed by atoms with Crippen LogP contribution in [-0.4, -0.2) is 24.5 Å². The minimum atomic E-state index is -0.703. The zero-order chi connectivity index (χ0) is 14.7. The molecule has 1 aliphatic rings. The molecule has 0 radical (unpaired) electrons. The van der Waals surface area contributed by atoms with Crippen molar-refractivity contribution in [3.05, 3.63) is 34.9 Å². The Hall–Kier alpha value is -1.95. The molecule has 2 heterocycles. The Morgan fingerprint density at radius 2 is 2.25 bits per heavy atom. The fourth-order valence-corrected chi connectivity index (χ4v) is 2.21. The molecule has 0 fully saturated rings. The number of nitrogens with one attached hydrogen (secondary N) is 2. The Morgan fingerprint density at radius 3 is 2.80 bits per heavy atom. The van der Waals surface area contributed by atoms with Gasteiger partial charge in [0.25, 0.3) is 0 Å². The normalized spacial score (nSPS) is 18.6. The molecular weight excluding hydrogens is 284 g/mol.